The molecule has 2 heteroatoms. The Morgan fingerprint density at radius 3 is 2.26 bits per heavy atom. The van der Waals surface area contributed by atoms with Crippen LogP contribution in [0, 0.1) is 6.92 Å². The first-order valence-corrected chi connectivity index (χ1v) is 11.3. The van der Waals surface area contributed by atoms with Crippen molar-refractivity contribution < 1.29 is 9.53 Å². The molecule has 0 spiro atoms. The van der Waals surface area contributed by atoms with E-state index in [9.17, 15) is 4.79 Å². The van der Waals surface area contributed by atoms with E-state index in [-0.39, 0.29) is 16.8 Å². The maximum absolute atomic E-state index is 12.2. The smallest absolute Gasteiger partial charge is 0.338 e. The molecule has 0 atom stereocenters. The van der Waals surface area contributed by atoms with Crippen LogP contribution < -0.4 is 0 Å². The maximum Gasteiger partial charge on any atom is 0.338 e. The van der Waals surface area contributed by atoms with Crippen LogP contribution in [-0.2, 0) is 15.6 Å². The van der Waals surface area contributed by atoms with Gasteiger partial charge in [-0.1, -0.05) is 76.3 Å². The average Bonchev–Trinajstić information content (AvgIpc) is 2.71. The number of allylic oxidation sites excluding steroid dienone is 3. The fraction of sp³-hybridized carbons (Fsp3) is 0.414. The van der Waals surface area contributed by atoms with Crippen LogP contribution in [0.25, 0.3) is 11.6 Å². The molecule has 2 nitrogen and oxygen atoms in total. The van der Waals surface area contributed by atoms with Gasteiger partial charge in [0, 0.05) is 0 Å². The molecule has 0 aliphatic heterocycles. The van der Waals surface area contributed by atoms with Gasteiger partial charge in [0.25, 0.3) is 0 Å². The molecule has 0 heterocycles. The first-order valence-electron chi connectivity index (χ1n) is 11.3. The third-order valence-electron chi connectivity index (χ3n) is 6.70. The Balaban J connectivity index is 1.94. The molecular weight excluding hydrogens is 380 g/mol. The van der Waals surface area contributed by atoms with Crippen molar-refractivity contribution in [1.29, 1.82) is 0 Å². The van der Waals surface area contributed by atoms with Gasteiger partial charge in [-0.2, -0.15) is 0 Å². The molecular formula is C29H36O2. The Morgan fingerprint density at radius 1 is 1.00 bits per heavy atom. The molecule has 0 saturated heterocycles. The number of hydrogen-bond donors (Lipinski definition) is 0. The summed E-state index contributed by atoms with van der Waals surface area (Å²) >= 11 is 0. The Morgan fingerprint density at radius 2 is 1.61 bits per heavy atom. The Labute approximate surface area is 188 Å². The molecule has 0 unspecified atom stereocenters. The molecule has 3 rings (SSSR count). The van der Waals surface area contributed by atoms with Crippen molar-refractivity contribution in [3.8, 4) is 0 Å². The van der Waals surface area contributed by atoms with Gasteiger partial charge < -0.3 is 4.74 Å². The number of esters is 1. The molecule has 1 aliphatic carbocycles. The van der Waals surface area contributed by atoms with Gasteiger partial charge in [0.1, 0.15) is 0 Å². The zero-order valence-electron chi connectivity index (χ0n) is 20.1. The van der Waals surface area contributed by atoms with Gasteiger partial charge in [-0.25, -0.2) is 4.79 Å². The van der Waals surface area contributed by atoms with Gasteiger partial charge in [0.15, 0.2) is 0 Å². The molecule has 0 amide bonds. The minimum atomic E-state index is -0.279. The number of fused-ring (bicyclic) bond motifs is 1. The van der Waals surface area contributed by atoms with Gasteiger partial charge in [-0.3, -0.25) is 0 Å². The molecule has 0 aromatic heterocycles. The lowest BCUT2D eigenvalue weighted by molar-refractivity contribution is 0.0526. The highest BCUT2D eigenvalue weighted by Gasteiger charge is 2.37. The standard InChI is InChI=1S/C29H36O2/c1-8-31-27(30)23-15-10-9-13-22(23)14-11-12-20(2)24-19-26-25(18-21(24)3)28(4,5)16-17-29(26,6)7/h9-15,18-19H,8,16-17H2,1-7H3/b14-11+,20-12-. The molecule has 0 bridgehead atoms. The normalized spacial score (nSPS) is 17.5. The van der Waals surface area contributed by atoms with Crippen LogP contribution in [0.2, 0.25) is 0 Å². The lowest BCUT2D eigenvalue weighted by Gasteiger charge is -2.42. The third-order valence-corrected chi connectivity index (χ3v) is 6.70. The molecule has 0 radical (unpaired) electrons. The molecule has 0 saturated carbocycles. The van der Waals surface area contributed by atoms with Crippen LogP contribution >= 0.6 is 0 Å². The van der Waals surface area contributed by atoms with Crippen molar-refractivity contribution in [1.82, 2.24) is 0 Å². The topological polar surface area (TPSA) is 26.3 Å². The predicted molar refractivity (Wildman–Crippen MR) is 132 cm³/mol. The zero-order chi connectivity index (χ0) is 22.8. The summed E-state index contributed by atoms with van der Waals surface area (Å²) in [6, 6.07) is 12.4. The lowest BCUT2D eigenvalue weighted by atomic mass is 9.62. The maximum atomic E-state index is 12.2. The second kappa shape index (κ2) is 8.86. The number of carbonyl (C=O) groups excluding carboxylic acids is 1. The van der Waals surface area contributed by atoms with Gasteiger partial charge in [0.2, 0.25) is 0 Å². The van der Waals surface area contributed by atoms with E-state index in [4.69, 9.17) is 4.74 Å². The minimum absolute atomic E-state index is 0.196. The SMILES string of the molecule is CCOC(=O)c1ccccc1/C=C/C=C(/C)c1cc2c(cc1C)C(C)(C)CCC2(C)C. The van der Waals surface area contributed by atoms with Crippen LogP contribution in [0.5, 0.6) is 0 Å². The van der Waals surface area contributed by atoms with E-state index in [0.29, 0.717) is 12.2 Å². The number of hydrogen-bond acceptors (Lipinski definition) is 2. The summed E-state index contributed by atoms with van der Waals surface area (Å²) in [5.74, 6) is -0.279. The second-order valence-electron chi connectivity index (χ2n) is 10.00. The van der Waals surface area contributed by atoms with Gasteiger partial charge in [-0.15, -0.1) is 0 Å². The van der Waals surface area contributed by atoms with Crippen molar-refractivity contribution in [3.63, 3.8) is 0 Å². The Hall–Kier alpha value is -2.61. The molecule has 0 N–H and O–H groups in total. The number of aryl methyl sites for hydroxylation is 1. The van der Waals surface area contributed by atoms with Crippen molar-refractivity contribution in [2.24, 2.45) is 0 Å². The lowest BCUT2D eigenvalue weighted by Crippen LogP contribution is -2.34. The van der Waals surface area contributed by atoms with Crippen LogP contribution in [0.15, 0.2) is 48.6 Å². The van der Waals surface area contributed by atoms with Crippen molar-refractivity contribution in [2.45, 2.75) is 72.1 Å². The van der Waals surface area contributed by atoms with Crippen LogP contribution in [0.4, 0.5) is 0 Å². The summed E-state index contributed by atoms with van der Waals surface area (Å²) in [4.78, 5) is 12.2. The molecule has 2 aromatic rings. The van der Waals surface area contributed by atoms with E-state index >= 15 is 0 Å². The molecule has 0 fully saturated rings. The van der Waals surface area contributed by atoms with Gasteiger partial charge in [-0.05, 0) is 83.9 Å². The van der Waals surface area contributed by atoms with Crippen molar-refractivity contribution in [3.05, 3.63) is 81.9 Å². The first kappa shape index (κ1) is 23.1. The van der Waals surface area contributed by atoms with Crippen molar-refractivity contribution in [2.75, 3.05) is 6.61 Å². The van der Waals surface area contributed by atoms with E-state index in [1.807, 2.05) is 43.3 Å². The summed E-state index contributed by atoms with van der Waals surface area (Å²) < 4.78 is 5.18. The van der Waals surface area contributed by atoms with Gasteiger partial charge >= 0.3 is 5.97 Å². The summed E-state index contributed by atoms with van der Waals surface area (Å²) in [5, 5.41) is 0. The van der Waals surface area contributed by atoms with E-state index < -0.39 is 0 Å². The minimum Gasteiger partial charge on any atom is -0.462 e. The number of benzene rings is 2. The summed E-state index contributed by atoms with van der Waals surface area (Å²) in [5.41, 5.74) is 8.71. The number of rotatable bonds is 5. The highest BCUT2D eigenvalue weighted by molar-refractivity contribution is 5.93. The van der Waals surface area contributed by atoms with Crippen LogP contribution in [0.1, 0.15) is 92.6 Å². The fourth-order valence-electron chi connectivity index (χ4n) is 4.57. The second-order valence-corrected chi connectivity index (χ2v) is 10.00. The third kappa shape index (κ3) is 4.84. The van der Waals surface area contributed by atoms with Crippen molar-refractivity contribution >= 4 is 17.6 Å². The fourth-order valence-corrected chi connectivity index (χ4v) is 4.57. The Kier molecular flexibility index (Phi) is 6.59. The summed E-state index contributed by atoms with van der Waals surface area (Å²) in [6.07, 6.45) is 8.58. The van der Waals surface area contributed by atoms with Crippen LogP contribution in [-0.4, -0.2) is 12.6 Å². The van der Waals surface area contributed by atoms with E-state index in [0.717, 1.165) is 5.56 Å². The number of ether oxygens (including phenoxy) is 1. The van der Waals surface area contributed by atoms with E-state index in [1.165, 1.54) is 40.7 Å². The quantitative estimate of drug-likeness (QED) is 0.370. The first-order chi connectivity index (χ1) is 14.6. The predicted octanol–water partition coefficient (Wildman–Crippen LogP) is 7.64. The molecule has 164 valence electrons. The largest absolute Gasteiger partial charge is 0.462 e. The summed E-state index contributed by atoms with van der Waals surface area (Å²) in [6.45, 7) is 16.0. The van der Waals surface area contributed by atoms with E-state index in [1.54, 1.807) is 0 Å². The van der Waals surface area contributed by atoms with Gasteiger partial charge in [0.05, 0.1) is 12.2 Å². The summed E-state index contributed by atoms with van der Waals surface area (Å²) in [7, 11) is 0. The molecule has 31 heavy (non-hydrogen) atoms. The number of carbonyl (C=O) groups is 1. The molecule has 2 aromatic carbocycles. The monoisotopic (exact) mass is 416 g/mol. The Bertz CT molecular complexity index is 1030. The van der Waals surface area contributed by atoms with Crippen LogP contribution in [0.3, 0.4) is 0 Å². The zero-order valence-corrected chi connectivity index (χ0v) is 20.1. The van der Waals surface area contributed by atoms with E-state index in [2.05, 4.69) is 59.8 Å². The average molecular weight is 417 g/mol. The molecule has 1 aliphatic rings. The highest BCUT2D eigenvalue weighted by Crippen LogP contribution is 2.47. The highest BCUT2D eigenvalue weighted by atomic mass is 16.5.